The van der Waals surface area contributed by atoms with Crippen LogP contribution in [0.3, 0.4) is 0 Å². The van der Waals surface area contributed by atoms with Crippen LogP contribution in [0.1, 0.15) is 13.3 Å². The predicted octanol–water partition coefficient (Wildman–Crippen LogP) is 5.00. The van der Waals surface area contributed by atoms with Gasteiger partial charge in [-0.25, -0.2) is 4.98 Å². The number of anilines is 1. The first kappa shape index (κ1) is 14.2. The van der Waals surface area contributed by atoms with Gasteiger partial charge >= 0.3 is 0 Å². The van der Waals surface area contributed by atoms with Gasteiger partial charge in [0.1, 0.15) is 5.82 Å². The van der Waals surface area contributed by atoms with E-state index in [2.05, 4.69) is 11.5 Å². The van der Waals surface area contributed by atoms with Gasteiger partial charge < -0.3 is 10.3 Å². The summed E-state index contributed by atoms with van der Waals surface area (Å²) in [6.45, 7) is 2.99. The lowest BCUT2D eigenvalue weighted by atomic mass is 10.2. The number of imidazole rings is 1. The summed E-state index contributed by atoms with van der Waals surface area (Å²) in [5.74, 6) is 0.825. The number of benzene rings is 2. The SMILES string of the molecule is CCCn1c(-c2cc(N)ccc2Cl)nc2cc(Cl)ccc21. The van der Waals surface area contributed by atoms with Gasteiger partial charge in [0.15, 0.2) is 0 Å². The van der Waals surface area contributed by atoms with Crippen molar-refractivity contribution in [3.05, 3.63) is 46.4 Å². The molecule has 0 bridgehead atoms. The van der Waals surface area contributed by atoms with Gasteiger partial charge in [0.25, 0.3) is 0 Å². The van der Waals surface area contributed by atoms with Gasteiger partial charge in [-0.3, -0.25) is 0 Å². The summed E-state index contributed by atoms with van der Waals surface area (Å²) in [5.41, 5.74) is 9.32. The maximum absolute atomic E-state index is 6.33. The van der Waals surface area contributed by atoms with Crippen LogP contribution < -0.4 is 5.73 Å². The number of halogens is 2. The fourth-order valence-electron chi connectivity index (χ4n) is 2.47. The molecule has 0 radical (unpaired) electrons. The third kappa shape index (κ3) is 2.59. The van der Waals surface area contributed by atoms with Gasteiger partial charge in [-0.05, 0) is 42.8 Å². The van der Waals surface area contributed by atoms with E-state index in [1.165, 1.54) is 0 Å². The van der Waals surface area contributed by atoms with Crippen LogP contribution in [0.25, 0.3) is 22.4 Å². The van der Waals surface area contributed by atoms with Crippen molar-refractivity contribution in [2.24, 2.45) is 0 Å². The molecule has 0 aliphatic carbocycles. The molecule has 1 aromatic heterocycles. The molecule has 0 unspecified atom stereocenters. The second-order valence-corrected chi connectivity index (χ2v) is 5.80. The van der Waals surface area contributed by atoms with Crippen molar-refractivity contribution in [2.75, 3.05) is 5.73 Å². The van der Waals surface area contributed by atoms with Crippen LogP contribution in [0.15, 0.2) is 36.4 Å². The van der Waals surface area contributed by atoms with Crippen LogP contribution in [-0.4, -0.2) is 9.55 Å². The standard InChI is InChI=1S/C16H15Cl2N3/c1-2-7-21-15-6-3-10(17)8-14(15)20-16(21)12-9-11(19)4-5-13(12)18/h3-6,8-9H,2,7,19H2,1H3. The zero-order valence-corrected chi connectivity index (χ0v) is 13.1. The molecule has 5 heteroatoms. The number of nitrogens with two attached hydrogens (primary N) is 1. The van der Waals surface area contributed by atoms with Crippen LogP contribution in [0.4, 0.5) is 5.69 Å². The van der Waals surface area contributed by atoms with Gasteiger partial charge in [0, 0.05) is 22.8 Å². The molecule has 2 N–H and O–H groups in total. The summed E-state index contributed by atoms with van der Waals surface area (Å²) in [6.07, 6.45) is 1.00. The number of fused-ring (bicyclic) bond motifs is 1. The van der Waals surface area contributed by atoms with E-state index in [1.807, 2.05) is 24.3 Å². The summed E-state index contributed by atoms with van der Waals surface area (Å²) in [5, 5.41) is 1.32. The Bertz CT molecular complexity index is 809. The van der Waals surface area contributed by atoms with Crippen molar-refractivity contribution in [1.82, 2.24) is 9.55 Å². The number of aromatic nitrogens is 2. The lowest BCUT2D eigenvalue weighted by molar-refractivity contribution is 0.704. The highest BCUT2D eigenvalue weighted by atomic mass is 35.5. The first-order chi connectivity index (χ1) is 10.1. The predicted molar refractivity (Wildman–Crippen MR) is 89.9 cm³/mol. The molecule has 3 aromatic rings. The van der Waals surface area contributed by atoms with Crippen molar-refractivity contribution in [3.63, 3.8) is 0 Å². The third-order valence-electron chi connectivity index (χ3n) is 3.39. The Hall–Kier alpha value is -1.71. The first-order valence-corrected chi connectivity index (χ1v) is 7.57. The highest BCUT2D eigenvalue weighted by Gasteiger charge is 2.15. The Balaban J connectivity index is 2.30. The quantitative estimate of drug-likeness (QED) is 0.690. The van der Waals surface area contributed by atoms with E-state index in [-0.39, 0.29) is 0 Å². The molecule has 0 amide bonds. The monoisotopic (exact) mass is 319 g/mol. The van der Waals surface area contributed by atoms with Crippen molar-refractivity contribution in [3.8, 4) is 11.4 Å². The summed E-state index contributed by atoms with van der Waals surface area (Å²) < 4.78 is 2.16. The second-order valence-electron chi connectivity index (χ2n) is 4.96. The first-order valence-electron chi connectivity index (χ1n) is 6.81. The molecular formula is C16H15Cl2N3. The fourth-order valence-corrected chi connectivity index (χ4v) is 2.84. The van der Waals surface area contributed by atoms with Gasteiger partial charge in [0.05, 0.1) is 16.1 Å². The molecule has 21 heavy (non-hydrogen) atoms. The molecule has 0 saturated heterocycles. The fraction of sp³-hybridized carbons (Fsp3) is 0.188. The van der Waals surface area contributed by atoms with E-state index in [4.69, 9.17) is 33.9 Å². The Morgan fingerprint density at radius 2 is 1.95 bits per heavy atom. The van der Waals surface area contributed by atoms with Crippen LogP contribution in [0, 0.1) is 0 Å². The lowest BCUT2D eigenvalue weighted by Crippen LogP contribution is -2.00. The second kappa shape index (κ2) is 5.58. The molecule has 3 nitrogen and oxygen atoms in total. The molecule has 108 valence electrons. The zero-order chi connectivity index (χ0) is 15.0. The summed E-state index contributed by atoms with van der Waals surface area (Å²) in [6, 6.07) is 11.2. The molecule has 0 aliphatic rings. The van der Waals surface area contributed by atoms with E-state index in [0.717, 1.165) is 35.4 Å². The minimum absolute atomic E-state index is 0.642. The Morgan fingerprint density at radius 1 is 1.14 bits per heavy atom. The number of hydrogen-bond acceptors (Lipinski definition) is 2. The lowest BCUT2D eigenvalue weighted by Gasteiger charge is -2.09. The highest BCUT2D eigenvalue weighted by molar-refractivity contribution is 6.33. The van der Waals surface area contributed by atoms with Crippen LogP contribution >= 0.6 is 23.2 Å². The average molecular weight is 320 g/mol. The average Bonchev–Trinajstić information content (AvgIpc) is 2.80. The minimum atomic E-state index is 0.642. The van der Waals surface area contributed by atoms with Crippen molar-refractivity contribution in [1.29, 1.82) is 0 Å². The number of nitrogens with zero attached hydrogens (tertiary/aromatic N) is 2. The molecule has 0 fully saturated rings. The number of hydrogen-bond donors (Lipinski definition) is 1. The molecule has 0 spiro atoms. The Morgan fingerprint density at radius 3 is 2.71 bits per heavy atom. The Kier molecular flexibility index (Phi) is 3.79. The highest BCUT2D eigenvalue weighted by Crippen LogP contribution is 2.32. The Labute approximate surface area is 133 Å². The van der Waals surface area contributed by atoms with E-state index < -0.39 is 0 Å². The maximum Gasteiger partial charge on any atom is 0.142 e. The van der Waals surface area contributed by atoms with Crippen molar-refractivity contribution >= 4 is 39.9 Å². The number of nitrogen functional groups attached to an aromatic ring is 1. The van der Waals surface area contributed by atoms with E-state index in [1.54, 1.807) is 12.1 Å². The van der Waals surface area contributed by atoms with Crippen LogP contribution in [0.5, 0.6) is 0 Å². The summed E-state index contributed by atoms with van der Waals surface area (Å²) in [7, 11) is 0. The minimum Gasteiger partial charge on any atom is -0.399 e. The third-order valence-corrected chi connectivity index (χ3v) is 3.95. The molecule has 3 rings (SSSR count). The molecule has 1 heterocycles. The van der Waals surface area contributed by atoms with Crippen molar-refractivity contribution in [2.45, 2.75) is 19.9 Å². The van der Waals surface area contributed by atoms with Crippen LogP contribution in [-0.2, 0) is 6.54 Å². The van der Waals surface area contributed by atoms with E-state index in [0.29, 0.717) is 15.7 Å². The zero-order valence-electron chi connectivity index (χ0n) is 11.6. The van der Waals surface area contributed by atoms with E-state index in [9.17, 15) is 0 Å². The van der Waals surface area contributed by atoms with Crippen LogP contribution in [0.2, 0.25) is 10.0 Å². The van der Waals surface area contributed by atoms with Gasteiger partial charge in [0.2, 0.25) is 0 Å². The number of rotatable bonds is 3. The topological polar surface area (TPSA) is 43.8 Å². The van der Waals surface area contributed by atoms with Gasteiger partial charge in [-0.2, -0.15) is 0 Å². The number of aryl methyl sites for hydroxylation is 1. The summed E-state index contributed by atoms with van der Waals surface area (Å²) in [4.78, 5) is 4.70. The molecule has 0 saturated carbocycles. The smallest absolute Gasteiger partial charge is 0.142 e. The van der Waals surface area contributed by atoms with Crippen molar-refractivity contribution < 1.29 is 0 Å². The largest absolute Gasteiger partial charge is 0.399 e. The maximum atomic E-state index is 6.33. The normalized spacial score (nSPS) is 11.2. The summed E-state index contributed by atoms with van der Waals surface area (Å²) >= 11 is 12.4. The van der Waals surface area contributed by atoms with Gasteiger partial charge in [-0.15, -0.1) is 0 Å². The molecular weight excluding hydrogens is 305 g/mol. The molecule has 2 aromatic carbocycles. The molecule has 0 aliphatic heterocycles. The van der Waals surface area contributed by atoms with E-state index >= 15 is 0 Å². The van der Waals surface area contributed by atoms with Gasteiger partial charge in [-0.1, -0.05) is 30.1 Å². The molecule has 0 atom stereocenters.